The van der Waals surface area contributed by atoms with E-state index in [1.54, 1.807) is 0 Å². The summed E-state index contributed by atoms with van der Waals surface area (Å²) in [5, 5.41) is 15.2. The van der Waals surface area contributed by atoms with E-state index in [0.717, 1.165) is 54.7 Å². The number of ether oxygens (including phenoxy) is 2. The lowest BCUT2D eigenvalue weighted by atomic mass is 9.90. The Labute approximate surface area is 232 Å². The number of likely N-dealkylation sites (N-methyl/N-ethyl adjacent to an activating group) is 1. The summed E-state index contributed by atoms with van der Waals surface area (Å²) in [6, 6.07) is 15.5. The number of hydrogen-bond acceptors (Lipinski definition) is 6. The van der Waals surface area contributed by atoms with E-state index >= 15 is 0 Å². The molecule has 1 saturated heterocycles. The molecule has 8 nitrogen and oxygen atoms in total. The van der Waals surface area contributed by atoms with Crippen LogP contribution in [0.3, 0.4) is 0 Å². The van der Waals surface area contributed by atoms with Crippen molar-refractivity contribution >= 4 is 17.5 Å². The van der Waals surface area contributed by atoms with E-state index in [-0.39, 0.29) is 36.5 Å². The quantitative estimate of drug-likeness (QED) is 0.238. The second kappa shape index (κ2) is 15.5. The number of nitrogens with zero attached hydrogens (tertiary/aromatic N) is 1. The fraction of sp³-hybridized carbons (Fsp3) is 0.484. The van der Waals surface area contributed by atoms with Crippen LogP contribution >= 0.6 is 0 Å². The molecule has 2 aromatic rings. The van der Waals surface area contributed by atoms with Crippen molar-refractivity contribution in [2.45, 2.75) is 64.6 Å². The molecular weight excluding hydrogens is 494 g/mol. The van der Waals surface area contributed by atoms with Crippen molar-refractivity contribution in [2.75, 3.05) is 32.0 Å². The Morgan fingerprint density at radius 1 is 1.03 bits per heavy atom. The molecule has 39 heavy (non-hydrogen) atoms. The summed E-state index contributed by atoms with van der Waals surface area (Å²) in [4.78, 5) is 25.5. The number of amides is 2. The van der Waals surface area contributed by atoms with E-state index in [1.807, 2.05) is 61.7 Å². The van der Waals surface area contributed by atoms with Crippen LogP contribution in [0.5, 0.6) is 0 Å². The SMILES string of the molecule is C=CCN(C)C[C@H]1O[C@@H](c2ccc(NC(=O)CCCCCNC(C)=O)cc2)O[C@@H](c2ccc(CO)cc2)[C@H]1C. The van der Waals surface area contributed by atoms with Gasteiger partial charge in [0, 0.05) is 50.1 Å². The molecule has 0 aliphatic carbocycles. The Morgan fingerprint density at radius 2 is 1.72 bits per heavy atom. The molecule has 1 fully saturated rings. The number of anilines is 1. The minimum atomic E-state index is -0.556. The molecule has 3 rings (SSSR count). The van der Waals surface area contributed by atoms with E-state index in [9.17, 15) is 14.7 Å². The number of carbonyl (C=O) groups is 2. The number of aliphatic hydroxyl groups excluding tert-OH is 1. The van der Waals surface area contributed by atoms with Crippen LogP contribution < -0.4 is 10.6 Å². The van der Waals surface area contributed by atoms with Crippen LogP contribution in [0.25, 0.3) is 0 Å². The topological polar surface area (TPSA) is 100 Å². The van der Waals surface area contributed by atoms with Crippen LogP contribution in [-0.2, 0) is 25.7 Å². The van der Waals surface area contributed by atoms with E-state index in [1.165, 1.54) is 6.92 Å². The molecule has 212 valence electrons. The lowest BCUT2D eigenvalue weighted by molar-refractivity contribution is -0.275. The molecule has 2 aromatic carbocycles. The van der Waals surface area contributed by atoms with Gasteiger partial charge in [0.1, 0.15) is 0 Å². The van der Waals surface area contributed by atoms with E-state index in [4.69, 9.17) is 9.47 Å². The Kier molecular flexibility index (Phi) is 12.1. The van der Waals surface area contributed by atoms with Gasteiger partial charge in [0.05, 0.1) is 18.8 Å². The zero-order valence-corrected chi connectivity index (χ0v) is 23.4. The highest BCUT2D eigenvalue weighted by atomic mass is 16.7. The molecule has 1 aliphatic heterocycles. The summed E-state index contributed by atoms with van der Waals surface area (Å²) >= 11 is 0. The molecule has 2 amide bonds. The largest absolute Gasteiger partial charge is 0.392 e. The Balaban J connectivity index is 1.63. The second-order valence-corrected chi connectivity index (χ2v) is 10.3. The highest BCUT2D eigenvalue weighted by Crippen LogP contribution is 2.41. The van der Waals surface area contributed by atoms with Gasteiger partial charge in [-0.2, -0.15) is 0 Å². The van der Waals surface area contributed by atoms with Gasteiger partial charge in [0.2, 0.25) is 11.8 Å². The van der Waals surface area contributed by atoms with Crippen LogP contribution in [0.4, 0.5) is 5.69 Å². The van der Waals surface area contributed by atoms with Crippen LogP contribution in [0.15, 0.2) is 61.2 Å². The van der Waals surface area contributed by atoms with E-state index < -0.39 is 6.29 Å². The smallest absolute Gasteiger partial charge is 0.224 e. The first-order valence-electron chi connectivity index (χ1n) is 13.7. The summed E-state index contributed by atoms with van der Waals surface area (Å²) in [6.07, 6.45) is 4.03. The molecule has 0 aromatic heterocycles. The van der Waals surface area contributed by atoms with Crippen LogP contribution in [0.2, 0.25) is 0 Å². The number of aliphatic hydroxyl groups is 1. The maximum absolute atomic E-state index is 12.4. The lowest BCUT2D eigenvalue weighted by Gasteiger charge is -2.42. The number of unbranched alkanes of at least 4 members (excludes halogenated alkanes) is 2. The average molecular weight is 538 g/mol. The van der Waals surface area contributed by atoms with Crippen LogP contribution in [0.1, 0.15) is 68.6 Å². The van der Waals surface area contributed by atoms with E-state index in [2.05, 4.69) is 29.0 Å². The first-order valence-corrected chi connectivity index (χ1v) is 13.7. The number of nitrogens with one attached hydrogen (secondary N) is 2. The summed E-state index contributed by atoms with van der Waals surface area (Å²) in [5.74, 6) is 0.0424. The Bertz CT molecular complexity index is 1060. The molecule has 3 N–H and O–H groups in total. The number of rotatable bonds is 14. The average Bonchev–Trinajstić information content (AvgIpc) is 2.92. The predicted octanol–water partition coefficient (Wildman–Crippen LogP) is 4.72. The Morgan fingerprint density at radius 3 is 2.36 bits per heavy atom. The molecule has 0 radical (unpaired) electrons. The van der Waals surface area contributed by atoms with Crippen molar-refractivity contribution in [3.05, 3.63) is 77.9 Å². The molecule has 1 aliphatic rings. The van der Waals surface area contributed by atoms with Crippen LogP contribution in [-0.4, -0.2) is 54.6 Å². The normalized spacial score (nSPS) is 20.9. The van der Waals surface area contributed by atoms with Crippen molar-refractivity contribution in [3.63, 3.8) is 0 Å². The van der Waals surface area contributed by atoms with Crippen LogP contribution in [0, 0.1) is 5.92 Å². The fourth-order valence-electron chi connectivity index (χ4n) is 4.73. The number of hydrogen-bond donors (Lipinski definition) is 3. The monoisotopic (exact) mass is 537 g/mol. The number of benzene rings is 2. The van der Waals surface area contributed by atoms with Crippen molar-refractivity contribution in [1.82, 2.24) is 10.2 Å². The van der Waals surface area contributed by atoms with Gasteiger partial charge >= 0.3 is 0 Å². The summed E-state index contributed by atoms with van der Waals surface area (Å²) in [6.45, 7) is 9.63. The second-order valence-electron chi connectivity index (χ2n) is 10.3. The van der Waals surface area contributed by atoms with Gasteiger partial charge in [-0.1, -0.05) is 55.8 Å². The highest BCUT2D eigenvalue weighted by molar-refractivity contribution is 5.90. The first kappa shape index (κ1) is 30.5. The van der Waals surface area contributed by atoms with Crippen molar-refractivity contribution in [3.8, 4) is 0 Å². The molecule has 1 heterocycles. The van der Waals surface area contributed by atoms with Gasteiger partial charge in [-0.3, -0.25) is 9.59 Å². The predicted molar refractivity (Wildman–Crippen MR) is 153 cm³/mol. The number of carbonyl (C=O) groups excluding carboxylic acids is 2. The van der Waals surface area contributed by atoms with Crippen molar-refractivity contribution in [1.29, 1.82) is 0 Å². The van der Waals surface area contributed by atoms with Gasteiger partial charge in [-0.15, -0.1) is 6.58 Å². The first-order chi connectivity index (χ1) is 18.8. The highest BCUT2D eigenvalue weighted by Gasteiger charge is 2.38. The standard InChI is InChI=1S/C31H43N3O5/c1-5-19-34(4)20-28-22(2)30(25-12-10-24(21-35)11-13-25)39-31(38-28)26-14-16-27(17-15-26)33-29(37)9-7-6-8-18-32-23(3)36/h5,10-17,22,28,30-31,35H,1,6-9,18-21H2,2-4H3,(H,32,36)(H,33,37)/t22-,28+,30+,31+/m0/s1. The summed E-state index contributed by atoms with van der Waals surface area (Å²) in [7, 11) is 2.05. The van der Waals surface area contributed by atoms with Gasteiger partial charge < -0.3 is 30.1 Å². The fourth-order valence-corrected chi connectivity index (χ4v) is 4.73. The zero-order chi connectivity index (χ0) is 28.2. The molecule has 0 saturated carbocycles. The van der Waals surface area contributed by atoms with Gasteiger partial charge in [-0.05, 0) is 43.1 Å². The molecule has 0 spiro atoms. The summed E-state index contributed by atoms with van der Waals surface area (Å²) in [5.41, 5.74) is 3.51. The van der Waals surface area contributed by atoms with E-state index in [0.29, 0.717) is 13.0 Å². The van der Waals surface area contributed by atoms with Gasteiger partial charge in [0.15, 0.2) is 6.29 Å². The van der Waals surface area contributed by atoms with Crippen molar-refractivity contribution in [2.24, 2.45) is 5.92 Å². The van der Waals surface area contributed by atoms with Crippen molar-refractivity contribution < 1.29 is 24.2 Å². The molecular formula is C31H43N3O5. The molecule has 0 unspecified atom stereocenters. The molecule has 4 atom stereocenters. The molecule has 0 bridgehead atoms. The molecule has 8 heteroatoms. The third kappa shape index (κ3) is 9.58. The minimum Gasteiger partial charge on any atom is -0.392 e. The lowest BCUT2D eigenvalue weighted by Crippen LogP contribution is -2.43. The Hall–Kier alpha value is -3.04. The zero-order valence-electron chi connectivity index (χ0n) is 23.4. The summed E-state index contributed by atoms with van der Waals surface area (Å²) < 4.78 is 13.0. The third-order valence-corrected chi connectivity index (χ3v) is 6.98. The maximum atomic E-state index is 12.4. The maximum Gasteiger partial charge on any atom is 0.224 e. The third-order valence-electron chi connectivity index (χ3n) is 6.98. The van der Waals surface area contributed by atoms with Gasteiger partial charge in [0.25, 0.3) is 0 Å². The van der Waals surface area contributed by atoms with Gasteiger partial charge in [-0.25, -0.2) is 0 Å². The minimum absolute atomic E-state index is 0.00353.